The van der Waals surface area contributed by atoms with Crippen LogP contribution in [0, 0.1) is 0 Å². The van der Waals surface area contributed by atoms with Gasteiger partial charge in [-0.15, -0.1) is 0 Å². The molecule has 2 rings (SSSR count). The van der Waals surface area contributed by atoms with Gasteiger partial charge in [0.15, 0.2) is 0 Å². The van der Waals surface area contributed by atoms with Gasteiger partial charge in [0.05, 0.1) is 12.5 Å². The highest BCUT2D eigenvalue weighted by atomic mass is 16.4. The van der Waals surface area contributed by atoms with E-state index in [4.69, 9.17) is 5.11 Å². The third-order valence-corrected chi connectivity index (χ3v) is 3.32. The van der Waals surface area contributed by atoms with E-state index >= 15 is 0 Å². The molecule has 2 unspecified atom stereocenters. The number of rotatable bonds is 5. The van der Waals surface area contributed by atoms with Crippen LogP contribution in [0.1, 0.15) is 36.4 Å². The SMILES string of the molecule is O=C(O)CC(O)Cc1ccc(C2CCCN2)cc1. The molecule has 0 bridgehead atoms. The van der Waals surface area contributed by atoms with E-state index in [1.165, 1.54) is 18.4 Å². The summed E-state index contributed by atoms with van der Waals surface area (Å²) in [7, 11) is 0. The Morgan fingerprint density at radius 3 is 2.67 bits per heavy atom. The highest BCUT2D eigenvalue weighted by Gasteiger charge is 2.16. The Morgan fingerprint density at radius 1 is 1.39 bits per heavy atom. The Hall–Kier alpha value is -1.39. The molecule has 4 heteroatoms. The van der Waals surface area contributed by atoms with Crippen LogP contribution in [0.15, 0.2) is 24.3 Å². The summed E-state index contributed by atoms with van der Waals surface area (Å²) in [5, 5.41) is 21.6. The number of hydrogen-bond acceptors (Lipinski definition) is 3. The number of nitrogens with one attached hydrogen (secondary N) is 1. The summed E-state index contributed by atoms with van der Waals surface area (Å²) in [6, 6.07) is 8.52. The monoisotopic (exact) mass is 249 g/mol. The van der Waals surface area contributed by atoms with Crippen molar-refractivity contribution in [3.63, 3.8) is 0 Å². The number of aliphatic hydroxyl groups is 1. The lowest BCUT2D eigenvalue weighted by Gasteiger charge is -2.12. The van der Waals surface area contributed by atoms with Gasteiger partial charge < -0.3 is 15.5 Å². The minimum Gasteiger partial charge on any atom is -0.481 e. The van der Waals surface area contributed by atoms with E-state index in [0.29, 0.717) is 12.5 Å². The molecular formula is C14H19NO3. The molecule has 0 saturated carbocycles. The van der Waals surface area contributed by atoms with Crippen LogP contribution >= 0.6 is 0 Å². The van der Waals surface area contributed by atoms with Gasteiger partial charge in [0.25, 0.3) is 0 Å². The Labute approximate surface area is 107 Å². The summed E-state index contributed by atoms with van der Waals surface area (Å²) in [5.41, 5.74) is 2.24. The van der Waals surface area contributed by atoms with E-state index < -0.39 is 12.1 Å². The zero-order valence-electron chi connectivity index (χ0n) is 10.3. The molecule has 18 heavy (non-hydrogen) atoms. The minimum atomic E-state index is -0.964. The molecule has 3 N–H and O–H groups in total. The first-order valence-corrected chi connectivity index (χ1v) is 6.37. The topological polar surface area (TPSA) is 69.6 Å². The number of hydrogen-bond donors (Lipinski definition) is 3. The van der Waals surface area contributed by atoms with Crippen molar-refractivity contribution in [3.05, 3.63) is 35.4 Å². The highest BCUT2D eigenvalue weighted by molar-refractivity contribution is 5.67. The van der Waals surface area contributed by atoms with Crippen LogP contribution in [0.25, 0.3) is 0 Å². The molecule has 1 fully saturated rings. The van der Waals surface area contributed by atoms with Crippen molar-refractivity contribution in [2.75, 3.05) is 6.54 Å². The molecule has 0 amide bonds. The molecule has 0 aromatic heterocycles. The van der Waals surface area contributed by atoms with Crippen molar-refractivity contribution in [2.24, 2.45) is 0 Å². The fourth-order valence-corrected chi connectivity index (χ4v) is 2.40. The second-order valence-corrected chi connectivity index (χ2v) is 4.85. The predicted molar refractivity (Wildman–Crippen MR) is 68.4 cm³/mol. The lowest BCUT2D eigenvalue weighted by atomic mass is 10.0. The molecule has 1 saturated heterocycles. The fraction of sp³-hybridized carbons (Fsp3) is 0.500. The zero-order chi connectivity index (χ0) is 13.0. The van der Waals surface area contributed by atoms with Crippen LogP contribution in [-0.4, -0.2) is 28.8 Å². The predicted octanol–water partition coefficient (Wildman–Crippen LogP) is 1.49. The van der Waals surface area contributed by atoms with Gasteiger partial charge in [0.2, 0.25) is 0 Å². The summed E-state index contributed by atoms with van der Waals surface area (Å²) in [4.78, 5) is 10.5. The first kappa shape index (κ1) is 13.1. The van der Waals surface area contributed by atoms with Gasteiger partial charge in [-0.1, -0.05) is 24.3 Å². The summed E-state index contributed by atoms with van der Waals surface area (Å²) in [5.74, 6) is -0.964. The highest BCUT2D eigenvalue weighted by Crippen LogP contribution is 2.23. The molecule has 0 aliphatic carbocycles. The molecule has 1 heterocycles. The Morgan fingerprint density at radius 2 is 2.11 bits per heavy atom. The number of carboxylic acids is 1. The normalized spacial score (nSPS) is 20.8. The van der Waals surface area contributed by atoms with Crippen molar-refractivity contribution in [2.45, 2.75) is 37.8 Å². The molecule has 1 aliphatic heterocycles. The van der Waals surface area contributed by atoms with Crippen LogP contribution in [0.2, 0.25) is 0 Å². The van der Waals surface area contributed by atoms with Gasteiger partial charge in [0.1, 0.15) is 0 Å². The molecule has 98 valence electrons. The lowest BCUT2D eigenvalue weighted by molar-refractivity contribution is -0.139. The van der Waals surface area contributed by atoms with E-state index in [0.717, 1.165) is 12.1 Å². The third-order valence-electron chi connectivity index (χ3n) is 3.32. The quantitative estimate of drug-likeness (QED) is 0.739. The molecule has 1 aromatic carbocycles. The van der Waals surface area contributed by atoms with Gasteiger partial charge in [-0.25, -0.2) is 0 Å². The van der Waals surface area contributed by atoms with Gasteiger partial charge in [-0.3, -0.25) is 4.79 Å². The van der Waals surface area contributed by atoms with Gasteiger partial charge in [-0.05, 0) is 36.9 Å². The Balaban J connectivity index is 1.92. The van der Waals surface area contributed by atoms with Crippen molar-refractivity contribution in [1.29, 1.82) is 0 Å². The average molecular weight is 249 g/mol. The molecule has 2 atom stereocenters. The minimum absolute atomic E-state index is 0.202. The van der Waals surface area contributed by atoms with Crippen LogP contribution < -0.4 is 5.32 Å². The van der Waals surface area contributed by atoms with Gasteiger partial charge in [-0.2, -0.15) is 0 Å². The van der Waals surface area contributed by atoms with E-state index in [2.05, 4.69) is 17.4 Å². The second-order valence-electron chi connectivity index (χ2n) is 4.85. The smallest absolute Gasteiger partial charge is 0.305 e. The van der Waals surface area contributed by atoms with Crippen LogP contribution in [0.3, 0.4) is 0 Å². The number of carbonyl (C=O) groups is 1. The number of carboxylic acid groups (broad SMARTS) is 1. The molecule has 1 aromatic rings. The molecule has 4 nitrogen and oxygen atoms in total. The molecule has 0 radical (unpaired) electrons. The van der Waals surface area contributed by atoms with Crippen molar-refractivity contribution >= 4 is 5.97 Å². The third kappa shape index (κ3) is 3.55. The van der Waals surface area contributed by atoms with E-state index in [1.807, 2.05) is 12.1 Å². The van der Waals surface area contributed by atoms with Crippen LogP contribution in [0.4, 0.5) is 0 Å². The maximum atomic E-state index is 10.5. The van der Waals surface area contributed by atoms with Crippen LogP contribution in [0.5, 0.6) is 0 Å². The summed E-state index contributed by atoms with van der Waals surface area (Å²) in [6.45, 7) is 1.07. The Bertz CT molecular complexity index is 396. The molecule has 0 spiro atoms. The van der Waals surface area contributed by atoms with Gasteiger partial charge >= 0.3 is 5.97 Å². The summed E-state index contributed by atoms with van der Waals surface area (Å²) in [6.07, 6.45) is 1.76. The number of aliphatic hydroxyl groups excluding tert-OH is 1. The number of benzene rings is 1. The Kier molecular flexibility index (Phi) is 4.33. The second kappa shape index (κ2) is 5.98. The summed E-state index contributed by atoms with van der Waals surface area (Å²) >= 11 is 0. The first-order chi connectivity index (χ1) is 8.65. The van der Waals surface area contributed by atoms with Crippen molar-refractivity contribution in [3.8, 4) is 0 Å². The van der Waals surface area contributed by atoms with Crippen molar-refractivity contribution < 1.29 is 15.0 Å². The van der Waals surface area contributed by atoms with Crippen LogP contribution in [-0.2, 0) is 11.2 Å². The van der Waals surface area contributed by atoms with Gasteiger partial charge in [0, 0.05) is 6.04 Å². The molecular weight excluding hydrogens is 230 g/mol. The zero-order valence-corrected chi connectivity index (χ0v) is 10.3. The lowest BCUT2D eigenvalue weighted by Crippen LogP contribution is -2.16. The number of aliphatic carboxylic acids is 1. The van der Waals surface area contributed by atoms with E-state index in [1.54, 1.807) is 0 Å². The van der Waals surface area contributed by atoms with E-state index in [9.17, 15) is 9.90 Å². The fourth-order valence-electron chi connectivity index (χ4n) is 2.40. The first-order valence-electron chi connectivity index (χ1n) is 6.37. The average Bonchev–Trinajstić information content (AvgIpc) is 2.82. The largest absolute Gasteiger partial charge is 0.481 e. The summed E-state index contributed by atoms with van der Waals surface area (Å²) < 4.78 is 0. The molecule has 1 aliphatic rings. The standard InChI is InChI=1S/C14H19NO3/c16-12(9-14(17)18)8-10-3-5-11(6-4-10)13-2-1-7-15-13/h3-6,12-13,15-16H,1-2,7-9H2,(H,17,18). The maximum absolute atomic E-state index is 10.5. The van der Waals surface area contributed by atoms with E-state index in [-0.39, 0.29) is 6.42 Å². The van der Waals surface area contributed by atoms with Crippen molar-refractivity contribution in [1.82, 2.24) is 5.32 Å². The maximum Gasteiger partial charge on any atom is 0.305 e.